The number of benzene rings is 1. The number of H-pyrrole nitrogens is 1. The maximum absolute atomic E-state index is 12.9. The molecule has 24 heavy (non-hydrogen) atoms. The second-order valence-electron chi connectivity index (χ2n) is 6.12. The Bertz CT molecular complexity index is 930. The Balaban J connectivity index is 1.65. The number of aromatic amines is 1. The number of likely N-dealkylation sites (tertiary alicyclic amines) is 1. The molecule has 1 fully saturated rings. The van der Waals surface area contributed by atoms with E-state index in [9.17, 15) is 9.59 Å². The molecule has 3 aromatic rings. The Morgan fingerprint density at radius 2 is 2.17 bits per heavy atom. The minimum Gasteiger partial charge on any atom is -0.334 e. The van der Waals surface area contributed by atoms with Crippen LogP contribution in [-0.2, 0) is 6.54 Å². The van der Waals surface area contributed by atoms with E-state index in [1.165, 1.54) is 0 Å². The Morgan fingerprint density at radius 1 is 1.29 bits per heavy atom. The number of nitrogens with one attached hydrogen (secondary N) is 1. The first-order valence-electron chi connectivity index (χ1n) is 8.13. The van der Waals surface area contributed by atoms with E-state index < -0.39 is 0 Å². The van der Waals surface area contributed by atoms with Crippen LogP contribution in [0.5, 0.6) is 0 Å². The lowest BCUT2D eigenvalue weighted by Gasteiger charge is -2.24. The number of amides is 1. The van der Waals surface area contributed by atoms with Gasteiger partial charge in [0.25, 0.3) is 11.5 Å². The van der Waals surface area contributed by atoms with E-state index in [1.807, 2.05) is 41.2 Å². The SMILES string of the molecule is O=C(c1cc2ccccc2[nH]c1=O)N1CCC[C@@H]1Cn1cccn1. The van der Waals surface area contributed by atoms with Crippen molar-refractivity contribution < 1.29 is 4.79 Å². The van der Waals surface area contributed by atoms with Gasteiger partial charge in [-0.25, -0.2) is 0 Å². The molecule has 0 saturated carbocycles. The number of carbonyl (C=O) groups is 1. The van der Waals surface area contributed by atoms with Crippen LogP contribution < -0.4 is 5.56 Å². The molecule has 0 aliphatic carbocycles. The Kier molecular flexibility index (Phi) is 3.65. The van der Waals surface area contributed by atoms with Gasteiger partial charge in [0, 0.05) is 24.5 Å². The summed E-state index contributed by atoms with van der Waals surface area (Å²) in [5, 5.41) is 5.08. The molecule has 0 spiro atoms. The number of pyridine rings is 1. The largest absolute Gasteiger partial charge is 0.334 e. The zero-order valence-corrected chi connectivity index (χ0v) is 13.2. The molecule has 1 aliphatic rings. The minimum atomic E-state index is -0.330. The fourth-order valence-electron chi connectivity index (χ4n) is 3.38. The molecule has 1 amide bonds. The second kappa shape index (κ2) is 5.96. The lowest BCUT2D eigenvalue weighted by Crippen LogP contribution is -2.40. The van der Waals surface area contributed by atoms with Crippen LogP contribution in [0.1, 0.15) is 23.2 Å². The zero-order valence-electron chi connectivity index (χ0n) is 13.2. The number of hydrogen-bond acceptors (Lipinski definition) is 3. The number of fused-ring (bicyclic) bond motifs is 1. The summed E-state index contributed by atoms with van der Waals surface area (Å²) in [6.45, 7) is 1.33. The van der Waals surface area contributed by atoms with Crippen molar-refractivity contribution in [1.82, 2.24) is 19.7 Å². The summed E-state index contributed by atoms with van der Waals surface area (Å²) in [6.07, 6.45) is 5.50. The van der Waals surface area contributed by atoms with Gasteiger partial charge in [0.15, 0.2) is 0 Å². The molecule has 0 bridgehead atoms. The van der Waals surface area contributed by atoms with E-state index in [-0.39, 0.29) is 23.1 Å². The average Bonchev–Trinajstić information content (AvgIpc) is 3.26. The molecule has 6 nitrogen and oxygen atoms in total. The number of carbonyl (C=O) groups excluding carboxylic acids is 1. The predicted octanol–water partition coefficient (Wildman–Crippen LogP) is 2.03. The highest BCUT2D eigenvalue weighted by molar-refractivity contribution is 5.97. The summed E-state index contributed by atoms with van der Waals surface area (Å²) >= 11 is 0. The molecule has 1 saturated heterocycles. The first kappa shape index (κ1) is 14.7. The van der Waals surface area contributed by atoms with Gasteiger partial charge in [-0.15, -0.1) is 0 Å². The third-order valence-electron chi connectivity index (χ3n) is 4.58. The molecule has 1 aliphatic heterocycles. The fourth-order valence-corrected chi connectivity index (χ4v) is 3.38. The summed E-state index contributed by atoms with van der Waals surface area (Å²) in [4.78, 5) is 29.9. The van der Waals surface area contributed by atoms with Crippen LogP contribution in [0.2, 0.25) is 0 Å². The second-order valence-corrected chi connectivity index (χ2v) is 6.12. The smallest absolute Gasteiger partial charge is 0.261 e. The monoisotopic (exact) mass is 322 g/mol. The Labute approximate surface area is 138 Å². The van der Waals surface area contributed by atoms with Crippen LogP contribution in [0.25, 0.3) is 10.9 Å². The molecule has 1 atom stereocenters. The highest BCUT2D eigenvalue weighted by atomic mass is 16.2. The van der Waals surface area contributed by atoms with Gasteiger partial charge in [0.2, 0.25) is 0 Å². The van der Waals surface area contributed by atoms with Crippen LogP contribution in [0.4, 0.5) is 0 Å². The molecular weight excluding hydrogens is 304 g/mol. The molecule has 6 heteroatoms. The van der Waals surface area contributed by atoms with Crippen LogP contribution in [0, 0.1) is 0 Å². The van der Waals surface area contributed by atoms with Crippen molar-refractivity contribution in [1.29, 1.82) is 0 Å². The summed E-state index contributed by atoms with van der Waals surface area (Å²) in [6, 6.07) is 11.1. The third-order valence-corrected chi connectivity index (χ3v) is 4.58. The first-order chi connectivity index (χ1) is 11.7. The van der Waals surface area contributed by atoms with Crippen molar-refractivity contribution in [2.24, 2.45) is 0 Å². The van der Waals surface area contributed by atoms with Gasteiger partial charge in [-0.2, -0.15) is 5.10 Å². The molecular formula is C18H18N4O2. The minimum absolute atomic E-state index is 0.0725. The summed E-state index contributed by atoms with van der Waals surface area (Å²) < 4.78 is 1.83. The fraction of sp³-hybridized carbons (Fsp3) is 0.278. The van der Waals surface area contributed by atoms with Crippen molar-refractivity contribution in [3.63, 3.8) is 0 Å². The average molecular weight is 322 g/mol. The van der Waals surface area contributed by atoms with Gasteiger partial charge in [-0.3, -0.25) is 14.3 Å². The van der Waals surface area contributed by atoms with Crippen molar-refractivity contribution >= 4 is 16.8 Å². The molecule has 0 radical (unpaired) electrons. The molecule has 4 rings (SSSR count). The van der Waals surface area contributed by atoms with Crippen LogP contribution in [-0.4, -0.2) is 38.2 Å². The third kappa shape index (κ3) is 2.60. The first-order valence-corrected chi connectivity index (χ1v) is 8.13. The van der Waals surface area contributed by atoms with Gasteiger partial charge in [-0.1, -0.05) is 18.2 Å². The number of rotatable bonds is 3. The maximum atomic E-state index is 12.9. The highest BCUT2D eigenvalue weighted by Crippen LogP contribution is 2.21. The number of hydrogen-bond donors (Lipinski definition) is 1. The quantitative estimate of drug-likeness (QED) is 0.802. The molecule has 3 heterocycles. The Hall–Kier alpha value is -2.89. The summed E-state index contributed by atoms with van der Waals surface area (Å²) in [5.74, 6) is -0.198. The van der Waals surface area contributed by atoms with Gasteiger partial charge in [0.1, 0.15) is 5.56 Å². The van der Waals surface area contributed by atoms with Gasteiger partial charge in [-0.05, 0) is 36.4 Å². The van der Waals surface area contributed by atoms with Crippen molar-refractivity contribution in [3.05, 3.63) is 64.7 Å². The van der Waals surface area contributed by atoms with Gasteiger partial charge in [0.05, 0.1) is 12.6 Å². The highest BCUT2D eigenvalue weighted by Gasteiger charge is 2.31. The maximum Gasteiger partial charge on any atom is 0.261 e. The normalized spacial score (nSPS) is 17.5. The molecule has 2 aromatic heterocycles. The topological polar surface area (TPSA) is 71.0 Å². The number of para-hydroxylation sites is 1. The van der Waals surface area contributed by atoms with E-state index in [0.717, 1.165) is 23.7 Å². The molecule has 1 aromatic carbocycles. The summed E-state index contributed by atoms with van der Waals surface area (Å²) in [5.41, 5.74) is 0.623. The van der Waals surface area contributed by atoms with Crippen molar-refractivity contribution in [2.75, 3.05) is 6.54 Å². The number of nitrogens with zero attached hydrogens (tertiary/aromatic N) is 3. The van der Waals surface area contributed by atoms with Crippen molar-refractivity contribution in [3.8, 4) is 0 Å². The van der Waals surface area contributed by atoms with Crippen LogP contribution in [0.3, 0.4) is 0 Å². The van der Waals surface area contributed by atoms with Crippen LogP contribution in [0.15, 0.2) is 53.6 Å². The lowest BCUT2D eigenvalue weighted by atomic mass is 10.1. The molecule has 1 N–H and O–H groups in total. The van der Waals surface area contributed by atoms with E-state index >= 15 is 0 Å². The van der Waals surface area contributed by atoms with Crippen molar-refractivity contribution in [2.45, 2.75) is 25.4 Å². The van der Waals surface area contributed by atoms with E-state index in [1.54, 1.807) is 17.2 Å². The predicted molar refractivity (Wildman–Crippen MR) is 90.9 cm³/mol. The molecule has 122 valence electrons. The zero-order chi connectivity index (χ0) is 16.5. The summed E-state index contributed by atoms with van der Waals surface area (Å²) in [7, 11) is 0. The number of aromatic nitrogens is 3. The Morgan fingerprint density at radius 3 is 3.00 bits per heavy atom. The van der Waals surface area contributed by atoms with Gasteiger partial charge < -0.3 is 9.88 Å². The van der Waals surface area contributed by atoms with Gasteiger partial charge >= 0.3 is 0 Å². The van der Waals surface area contributed by atoms with E-state index in [4.69, 9.17) is 0 Å². The molecule has 0 unspecified atom stereocenters. The van der Waals surface area contributed by atoms with E-state index in [0.29, 0.717) is 13.1 Å². The standard InChI is InChI=1S/C18H18N4O2/c23-17-15(11-13-5-1-2-7-16(13)20-17)18(24)22-10-3-6-14(22)12-21-9-4-8-19-21/h1-2,4-5,7-9,11,14H,3,6,10,12H2,(H,20,23)/t14-/m1/s1. The van der Waals surface area contributed by atoms with E-state index in [2.05, 4.69) is 10.1 Å². The van der Waals surface area contributed by atoms with Crippen LogP contribution >= 0.6 is 0 Å². The lowest BCUT2D eigenvalue weighted by molar-refractivity contribution is 0.0720.